The van der Waals surface area contributed by atoms with Crippen molar-refractivity contribution in [1.82, 2.24) is 0 Å². The van der Waals surface area contributed by atoms with Crippen molar-refractivity contribution < 1.29 is 24.5 Å². The molecular formula is C31H48O5. The molecule has 3 aliphatic rings. The van der Waals surface area contributed by atoms with E-state index in [4.69, 9.17) is 9.84 Å². The zero-order valence-corrected chi connectivity index (χ0v) is 23.0. The smallest absolute Gasteiger partial charge is 0.306 e. The molecule has 5 atom stereocenters. The van der Waals surface area contributed by atoms with Gasteiger partial charge in [-0.15, -0.1) is 0 Å². The summed E-state index contributed by atoms with van der Waals surface area (Å²) in [6.45, 7) is 13.0. The first-order chi connectivity index (χ1) is 16.9. The van der Waals surface area contributed by atoms with Gasteiger partial charge in [-0.3, -0.25) is 9.59 Å². The van der Waals surface area contributed by atoms with Gasteiger partial charge in [0.15, 0.2) is 0 Å². The second kappa shape index (κ2) is 12.1. The molecule has 0 radical (unpaired) electrons. The van der Waals surface area contributed by atoms with E-state index in [9.17, 15) is 14.7 Å². The third kappa shape index (κ3) is 7.57. The number of rotatable bonds is 10. The largest absolute Gasteiger partial charge is 0.481 e. The Labute approximate surface area is 218 Å². The summed E-state index contributed by atoms with van der Waals surface area (Å²) < 4.78 is 5.57. The topological polar surface area (TPSA) is 83.8 Å². The molecule has 0 aromatic carbocycles. The van der Waals surface area contributed by atoms with Gasteiger partial charge < -0.3 is 14.9 Å². The lowest BCUT2D eigenvalue weighted by atomic mass is 9.60. The van der Waals surface area contributed by atoms with Gasteiger partial charge in [-0.1, -0.05) is 56.6 Å². The maximum atomic E-state index is 12.0. The minimum absolute atomic E-state index is 0.0759. The SMILES string of the molecule is C=C1CC[C@H](OC(=O)CCC(=O)O)C/C1=C/C=C1\CCC[C@@]2(C)C1CCC2[C@H](C)CCCC(C)(C)O. The first kappa shape index (κ1) is 28.7. The summed E-state index contributed by atoms with van der Waals surface area (Å²) in [5.41, 5.74) is 3.62. The molecule has 0 aliphatic heterocycles. The van der Waals surface area contributed by atoms with Crippen molar-refractivity contribution >= 4 is 11.9 Å². The van der Waals surface area contributed by atoms with E-state index in [1.807, 2.05) is 13.8 Å². The highest BCUT2D eigenvalue weighted by atomic mass is 16.5. The molecule has 0 spiro atoms. The van der Waals surface area contributed by atoms with Crippen molar-refractivity contribution in [2.75, 3.05) is 0 Å². The number of carbonyl (C=O) groups excluding carboxylic acids is 1. The first-order valence-electron chi connectivity index (χ1n) is 14.1. The molecular weight excluding hydrogens is 452 g/mol. The molecule has 3 saturated carbocycles. The quantitative estimate of drug-likeness (QED) is 0.311. The molecule has 0 heterocycles. The summed E-state index contributed by atoms with van der Waals surface area (Å²) in [5.74, 6) is 0.638. The van der Waals surface area contributed by atoms with Crippen LogP contribution in [0.25, 0.3) is 0 Å². The molecule has 5 nitrogen and oxygen atoms in total. The zero-order valence-electron chi connectivity index (χ0n) is 23.0. The van der Waals surface area contributed by atoms with Gasteiger partial charge in [0, 0.05) is 6.42 Å². The van der Waals surface area contributed by atoms with Gasteiger partial charge >= 0.3 is 11.9 Å². The van der Waals surface area contributed by atoms with Gasteiger partial charge in [0.1, 0.15) is 6.10 Å². The van der Waals surface area contributed by atoms with E-state index in [1.165, 1.54) is 32.1 Å². The predicted molar refractivity (Wildman–Crippen MR) is 143 cm³/mol. The Bertz CT molecular complexity index is 876. The number of allylic oxidation sites excluding steroid dienone is 4. The van der Waals surface area contributed by atoms with Crippen LogP contribution in [0.4, 0.5) is 0 Å². The number of carboxylic acids is 1. The highest BCUT2D eigenvalue weighted by molar-refractivity contribution is 5.76. The summed E-state index contributed by atoms with van der Waals surface area (Å²) in [7, 11) is 0. The van der Waals surface area contributed by atoms with E-state index < -0.39 is 17.5 Å². The minimum Gasteiger partial charge on any atom is -0.481 e. The van der Waals surface area contributed by atoms with E-state index in [0.717, 1.165) is 49.2 Å². The summed E-state index contributed by atoms with van der Waals surface area (Å²) in [5, 5.41) is 18.9. The van der Waals surface area contributed by atoms with Gasteiger partial charge in [0.25, 0.3) is 0 Å². The maximum absolute atomic E-state index is 12.0. The fraction of sp³-hybridized carbons (Fsp3) is 0.742. The fourth-order valence-electron chi connectivity index (χ4n) is 7.21. The van der Waals surface area contributed by atoms with Crippen LogP contribution in [0.5, 0.6) is 0 Å². The number of aliphatic carboxylic acids is 1. The standard InChI is InChI=1S/C31H48O5/c1-21-10-13-25(36-29(34)17-16-28(32)33)20-24(21)12-11-23-9-7-19-31(5)26(14-15-27(23)31)22(2)8-6-18-30(3,4)35/h11-12,22,25-27,35H,1,6-10,13-20H2,2-5H3,(H,32,33)/b23-11+,24-12-/t22-,25+,26?,27?,31-/m1/s1. The van der Waals surface area contributed by atoms with Crippen LogP contribution in [-0.2, 0) is 14.3 Å². The molecule has 0 aromatic rings. The Hall–Kier alpha value is -1.88. The fourth-order valence-corrected chi connectivity index (χ4v) is 7.21. The summed E-state index contributed by atoms with van der Waals surface area (Å²) in [4.78, 5) is 22.7. The second-order valence-electron chi connectivity index (χ2n) is 12.6. The molecule has 0 saturated heterocycles. The van der Waals surface area contributed by atoms with E-state index >= 15 is 0 Å². The third-order valence-corrected chi connectivity index (χ3v) is 9.18. The van der Waals surface area contributed by atoms with Crippen molar-refractivity contribution in [3.05, 3.63) is 35.5 Å². The van der Waals surface area contributed by atoms with Crippen LogP contribution in [0.1, 0.15) is 111 Å². The van der Waals surface area contributed by atoms with Crippen LogP contribution in [0.15, 0.2) is 35.5 Å². The Balaban J connectivity index is 1.64. The van der Waals surface area contributed by atoms with Crippen LogP contribution < -0.4 is 0 Å². The van der Waals surface area contributed by atoms with Crippen LogP contribution in [0.3, 0.4) is 0 Å². The van der Waals surface area contributed by atoms with Gasteiger partial charge in [0.05, 0.1) is 18.4 Å². The number of ether oxygens (including phenoxy) is 1. The number of carbonyl (C=O) groups is 2. The molecule has 202 valence electrons. The number of carboxylic acid groups (broad SMARTS) is 1. The van der Waals surface area contributed by atoms with Gasteiger partial charge in [-0.05, 0) is 94.0 Å². The van der Waals surface area contributed by atoms with Gasteiger partial charge in [-0.25, -0.2) is 0 Å². The number of aliphatic hydroxyl groups is 1. The summed E-state index contributed by atoms with van der Waals surface area (Å²) in [6, 6.07) is 0. The molecule has 2 unspecified atom stereocenters. The number of hydrogen-bond acceptors (Lipinski definition) is 4. The lowest BCUT2D eigenvalue weighted by molar-refractivity contribution is -0.152. The number of esters is 1. The zero-order chi connectivity index (χ0) is 26.5. The average Bonchev–Trinajstić information content (AvgIpc) is 3.14. The van der Waals surface area contributed by atoms with Gasteiger partial charge in [-0.2, -0.15) is 0 Å². The van der Waals surface area contributed by atoms with Crippen LogP contribution >= 0.6 is 0 Å². The highest BCUT2D eigenvalue weighted by Crippen LogP contribution is 2.60. The summed E-state index contributed by atoms with van der Waals surface area (Å²) in [6.07, 6.45) is 15.7. The number of hydrogen-bond donors (Lipinski definition) is 2. The van der Waals surface area contributed by atoms with Crippen molar-refractivity contribution in [3.63, 3.8) is 0 Å². The number of fused-ring (bicyclic) bond motifs is 1. The van der Waals surface area contributed by atoms with Crippen molar-refractivity contribution in [3.8, 4) is 0 Å². The second-order valence-corrected chi connectivity index (χ2v) is 12.6. The van der Waals surface area contributed by atoms with Crippen LogP contribution in [0, 0.1) is 23.2 Å². The van der Waals surface area contributed by atoms with E-state index in [-0.39, 0.29) is 18.9 Å². The monoisotopic (exact) mass is 500 g/mol. The molecule has 36 heavy (non-hydrogen) atoms. The van der Waals surface area contributed by atoms with Crippen LogP contribution in [0.2, 0.25) is 0 Å². The average molecular weight is 501 g/mol. The molecule has 5 heteroatoms. The van der Waals surface area contributed by atoms with Crippen molar-refractivity contribution in [2.45, 2.75) is 123 Å². The summed E-state index contributed by atoms with van der Waals surface area (Å²) >= 11 is 0. The lowest BCUT2D eigenvalue weighted by Gasteiger charge is -2.44. The van der Waals surface area contributed by atoms with Crippen molar-refractivity contribution in [1.29, 1.82) is 0 Å². The van der Waals surface area contributed by atoms with Gasteiger partial charge in [0.2, 0.25) is 0 Å². The highest BCUT2D eigenvalue weighted by Gasteiger charge is 2.50. The lowest BCUT2D eigenvalue weighted by Crippen LogP contribution is -2.36. The molecule has 0 amide bonds. The molecule has 3 aliphatic carbocycles. The van der Waals surface area contributed by atoms with E-state index in [0.29, 0.717) is 23.7 Å². The first-order valence-corrected chi connectivity index (χ1v) is 14.1. The molecule has 0 bridgehead atoms. The Kier molecular flexibility index (Phi) is 9.65. The predicted octanol–water partition coefficient (Wildman–Crippen LogP) is 7.15. The maximum Gasteiger partial charge on any atom is 0.306 e. The van der Waals surface area contributed by atoms with Crippen LogP contribution in [-0.4, -0.2) is 33.9 Å². The van der Waals surface area contributed by atoms with E-state index in [2.05, 4.69) is 32.6 Å². The molecule has 3 rings (SSSR count). The van der Waals surface area contributed by atoms with Crippen molar-refractivity contribution in [2.24, 2.45) is 23.2 Å². The Morgan fingerprint density at radius 1 is 1.19 bits per heavy atom. The normalized spacial score (nSPS) is 31.9. The molecule has 2 N–H and O–H groups in total. The Morgan fingerprint density at radius 2 is 1.94 bits per heavy atom. The minimum atomic E-state index is -0.978. The molecule has 0 aromatic heterocycles. The third-order valence-electron chi connectivity index (χ3n) is 9.18. The molecule has 3 fully saturated rings. The van der Waals surface area contributed by atoms with E-state index in [1.54, 1.807) is 5.57 Å². The Morgan fingerprint density at radius 3 is 2.64 bits per heavy atom.